The number of aryl methyl sites for hydroxylation is 1. The van der Waals surface area contributed by atoms with Gasteiger partial charge in [-0.1, -0.05) is 6.07 Å². The van der Waals surface area contributed by atoms with Crippen LogP contribution < -0.4 is 15.2 Å². The van der Waals surface area contributed by atoms with Crippen LogP contribution in [0.4, 0.5) is 22.0 Å². The lowest BCUT2D eigenvalue weighted by atomic mass is 10.1. The molecule has 12 heteroatoms. The van der Waals surface area contributed by atoms with Crippen LogP contribution >= 0.6 is 0 Å². The fraction of sp³-hybridized carbons (Fsp3) is 0.440. The first-order chi connectivity index (χ1) is 17.5. The van der Waals surface area contributed by atoms with E-state index in [-0.39, 0.29) is 5.39 Å². The third-order valence-electron chi connectivity index (χ3n) is 6.06. The molecule has 0 saturated carbocycles. The van der Waals surface area contributed by atoms with E-state index < -0.39 is 35.0 Å². The molecular formula is C25H26F5N3O4. The molecule has 0 atom stereocenters. The Hall–Kier alpha value is -3.41. The molecule has 2 aliphatic heterocycles. The number of rotatable bonds is 6. The first-order valence-corrected chi connectivity index (χ1v) is 11.8. The Balaban J connectivity index is 0.000000173. The standard InChI is InChI=1S/C15H21NO2.C10H5F5N2O2/c1-2-8-16(7-1)9-3-4-13-5-6-14-15(12-13)18-11-10-17-14;11-9(12,8(16)18)7-1-4-3-17-6(10(13,14)15)2-5(4)19-7/h5-6,12H,1-4,7-11H2;1-3H,(H2,16,18). The van der Waals surface area contributed by atoms with E-state index in [1.165, 1.54) is 44.5 Å². The maximum absolute atomic E-state index is 13.2. The molecule has 1 saturated heterocycles. The minimum absolute atomic E-state index is 0.0936. The van der Waals surface area contributed by atoms with E-state index in [0.29, 0.717) is 25.3 Å². The van der Waals surface area contributed by atoms with Crippen molar-refractivity contribution in [2.75, 3.05) is 32.8 Å². The van der Waals surface area contributed by atoms with Gasteiger partial charge in [0.25, 0.3) is 5.91 Å². The van der Waals surface area contributed by atoms with Crippen molar-refractivity contribution in [3.05, 3.63) is 53.5 Å². The number of ether oxygens (including phenoxy) is 2. The topological polar surface area (TPSA) is 90.8 Å². The summed E-state index contributed by atoms with van der Waals surface area (Å²) < 4.78 is 79.2. The number of primary amides is 1. The number of furan rings is 1. The summed E-state index contributed by atoms with van der Waals surface area (Å²) in [4.78, 5) is 16.2. The van der Waals surface area contributed by atoms with Gasteiger partial charge in [-0.15, -0.1) is 0 Å². The Labute approximate surface area is 209 Å². The van der Waals surface area contributed by atoms with E-state index in [0.717, 1.165) is 24.1 Å². The zero-order chi connectivity index (χ0) is 26.6. The van der Waals surface area contributed by atoms with Crippen LogP contribution in [0.2, 0.25) is 0 Å². The second-order valence-electron chi connectivity index (χ2n) is 8.78. The number of amides is 1. The van der Waals surface area contributed by atoms with Crippen LogP contribution in [0.1, 0.15) is 36.3 Å². The summed E-state index contributed by atoms with van der Waals surface area (Å²) in [5.74, 6) is -5.38. The lowest BCUT2D eigenvalue weighted by Gasteiger charge is -2.19. The molecular weight excluding hydrogens is 501 g/mol. The van der Waals surface area contributed by atoms with Gasteiger partial charge in [-0.2, -0.15) is 22.0 Å². The molecule has 0 unspecified atom stereocenters. The molecule has 2 aliphatic rings. The Morgan fingerprint density at radius 2 is 1.70 bits per heavy atom. The van der Waals surface area contributed by atoms with Crippen molar-refractivity contribution in [1.29, 1.82) is 0 Å². The number of benzene rings is 1. The number of nitrogens with zero attached hydrogens (tertiary/aromatic N) is 2. The highest BCUT2D eigenvalue weighted by Crippen LogP contribution is 2.35. The third-order valence-corrected chi connectivity index (χ3v) is 6.06. The van der Waals surface area contributed by atoms with E-state index in [2.05, 4.69) is 32.2 Å². The van der Waals surface area contributed by atoms with Crippen LogP contribution in [0.25, 0.3) is 11.0 Å². The van der Waals surface area contributed by atoms with Gasteiger partial charge in [-0.05, 0) is 69.1 Å². The lowest BCUT2D eigenvalue weighted by molar-refractivity contribution is -0.145. The number of nitrogens with two attached hydrogens (primary N) is 1. The fourth-order valence-electron chi connectivity index (χ4n) is 4.12. The first kappa shape index (κ1) is 26.6. The van der Waals surface area contributed by atoms with Gasteiger partial charge in [0.05, 0.1) is 0 Å². The molecule has 2 aromatic heterocycles. The maximum atomic E-state index is 13.2. The van der Waals surface area contributed by atoms with Crippen LogP contribution in [0.15, 0.2) is 40.9 Å². The van der Waals surface area contributed by atoms with E-state index in [4.69, 9.17) is 9.47 Å². The predicted molar refractivity (Wildman–Crippen MR) is 124 cm³/mol. The smallest absolute Gasteiger partial charge is 0.433 e. The average Bonchev–Trinajstić information content (AvgIpc) is 3.53. The minimum atomic E-state index is -4.73. The Kier molecular flexibility index (Phi) is 7.86. The zero-order valence-corrected chi connectivity index (χ0v) is 19.8. The quantitative estimate of drug-likeness (QED) is 0.458. The van der Waals surface area contributed by atoms with Crippen molar-refractivity contribution in [3.63, 3.8) is 0 Å². The maximum Gasteiger partial charge on any atom is 0.433 e. The van der Waals surface area contributed by atoms with E-state index in [9.17, 15) is 26.7 Å². The summed E-state index contributed by atoms with van der Waals surface area (Å²) >= 11 is 0. The number of hydrogen-bond donors (Lipinski definition) is 1. The first-order valence-electron chi connectivity index (χ1n) is 11.8. The van der Waals surface area contributed by atoms with Crippen LogP contribution in [0, 0.1) is 0 Å². The van der Waals surface area contributed by atoms with Crippen LogP contribution in [-0.4, -0.2) is 48.6 Å². The highest BCUT2D eigenvalue weighted by Gasteiger charge is 2.43. The Bertz CT molecular complexity index is 1240. The summed E-state index contributed by atoms with van der Waals surface area (Å²) in [6.07, 6.45) is 1.12. The van der Waals surface area contributed by atoms with Gasteiger partial charge in [0.2, 0.25) is 0 Å². The normalized spacial score (nSPS) is 15.9. The highest BCUT2D eigenvalue weighted by atomic mass is 19.4. The second-order valence-corrected chi connectivity index (χ2v) is 8.78. The van der Waals surface area contributed by atoms with Gasteiger partial charge in [0, 0.05) is 17.6 Å². The summed E-state index contributed by atoms with van der Waals surface area (Å²) in [5.41, 5.74) is 4.09. The Morgan fingerprint density at radius 3 is 2.38 bits per heavy atom. The molecule has 7 nitrogen and oxygen atoms in total. The van der Waals surface area contributed by atoms with E-state index in [1.54, 1.807) is 0 Å². The van der Waals surface area contributed by atoms with Gasteiger partial charge in [0.15, 0.2) is 17.3 Å². The molecule has 2 N–H and O–H groups in total. The molecule has 0 aliphatic carbocycles. The summed E-state index contributed by atoms with van der Waals surface area (Å²) in [7, 11) is 0. The number of likely N-dealkylation sites (tertiary alicyclic amines) is 1. The van der Waals surface area contributed by atoms with Crippen LogP contribution in [0.3, 0.4) is 0 Å². The van der Waals surface area contributed by atoms with Crippen molar-refractivity contribution in [1.82, 2.24) is 9.88 Å². The van der Waals surface area contributed by atoms with Gasteiger partial charge < -0.3 is 24.5 Å². The number of carbonyl (C=O) groups is 1. The number of hydrogen-bond acceptors (Lipinski definition) is 6. The number of fused-ring (bicyclic) bond motifs is 2. The van der Waals surface area contributed by atoms with Crippen molar-refractivity contribution in [2.45, 2.75) is 37.8 Å². The molecule has 5 rings (SSSR count). The molecule has 1 amide bonds. The van der Waals surface area contributed by atoms with E-state index >= 15 is 0 Å². The van der Waals surface area contributed by atoms with Gasteiger partial charge in [0.1, 0.15) is 24.5 Å². The molecule has 0 spiro atoms. The highest BCUT2D eigenvalue weighted by molar-refractivity contribution is 5.85. The SMILES string of the molecule is NC(=O)C(F)(F)c1cc2cnc(C(F)(F)F)cc2o1.c1cc2c(cc1CCCN1CCCC1)OCCO2. The number of alkyl halides is 5. The van der Waals surface area contributed by atoms with Crippen LogP contribution in [0.5, 0.6) is 11.5 Å². The second kappa shape index (κ2) is 10.9. The average molecular weight is 527 g/mol. The summed E-state index contributed by atoms with van der Waals surface area (Å²) in [5, 5.41) is -0.0936. The van der Waals surface area contributed by atoms with Crippen molar-refractivity contribution >= 4 is 16.9 Å². The van der Waals surface area contributed by atoms with E-state index in [1.807, 2.05) is 6.07 Å². The van der Waals surface area contributed by atoms with Gasteiger partial charge in [-0.25, -0.2) is 0 Å². The number of halogens is 5. The fourth-order valence-corrected chi connectivity index (χ4v) is 4.12. The zero-order valence-electron chi connectivity index (χ0n) is 19.8. The molecule has 200 valence electrons. The third kappa shape index (κ3) is 6.48. The molecule has 4 heterocycles. The molecule has 37 heavy (non-hydrogen) atoms. The summed E-state index contributed by atoms with van der Waals surface area (Å²) in [6, 6.07) is 7.53. The monoisotopic (exact) mass is 527 g/mol. The van der Waals surface area contributed by atoms with Crippen molar-refractivity contribution < 1.29 is 40.6 Å². The van der Waals surface area contributed by atoms with Crippen molar-refractivity contribution in [2.24, 2.45) is 5.73 Å². The Morgan fingerprint density at radius 1 is 1.00 bits per heavy atom. The van der Waals surface area contributed by atoms with Gasteiger partial charge in [-0.3, -0.25) is 9.78 Å². The number of aromatic nitrogens is 1. The molecule has 0 radical (unpaired) electrons. The lowest BCUT2D eigenvalue weighted by Crippen LogP contribution is -2.32. The largest absolute Gasteiger partial charge is 0.486 e. The van der Waals surface area contributed by atoms with Crippen LogP contribution in [-0.2, 0) is 23.3 Å². The number of pyridine rings is 1. The van der Waals surface area contributed by atoms with Crippen molar-refractivity contribution in [3.8, 4) is 11.5 Å². The number of carbonyl (C=O) groups excluding carboxylic acids is 1. The van der Waals surface area contributed by atoms with Gasteiger partial charge >= 0.3 is 12.1 Å². The summed E-state index contributed by atoms with van der Waals surface area (Å²) in [6.45, 7) is 5.16. The predicted octanol–water partition coefficient (Wildman–Crippen LogP) is 4.91. The molecule has 1 fully saturated rings. The molecule has 1 aromatic carbocycles. The molecule has 0 bridgehead atoms. The minimum Gasteiger partial charge on any atom is -0.486 e. The molecule has 3 aromatic rings.